The fourth-order valence-corrected chi connectivity index (χ4v) is 7.49. The Kier molecular flexibility index (Phi) is 4.91. The van der Waals surface area contributed by atoms with Crippen molar-refractivity contribution in [3.8, 4) is 0 Å². The van der Waals surface area contributed by atoms with Gasteiger partial charge < -0.3 is 0 Å². The molecule has 6 aromatic carbocycles. The van der Waals surface area contributed by atoms with E-state index in [1.807, 2.05) is 0 Å². The van der Waals surface area contributed by atoms with Crippen LogP contribution >= 0.6 is 0 Å². The summed E-state index contributed by atoms with van der Waals surface area (Å²) in [7, 11) is 0. The molecule has 6 aromatic rings. The van der Waals surface area contributed by atoms with Crippen LogP contribution in [0.2, 0.25) is 0 Å². The Morgan fingerprint density at radius 2 is 0.829 bits per heavy atom. The first-order valence-electron chi connectivity index (χ1n) is 11.9. The van der Waals surface area contributed by atoms with E-state index in [2.05, 4.69) is 133 Å². The van der Waals surface area contributed by atoms with Crippen molar-refractivity contribution in [1.29, 1.82) is 0 Å². The van der Waals surface area contributed by atoms with Crippen molar-refractivity contribution < 1.29 is 0 Å². The third-order valence-corrected chi connectivity index (χ3v) is 9.28. The predicted molar refractivity (Wildman–Crippen MR) is 151 cm³/mol. The van der Waals surface area contributed by atoms with E-state index in [1.54, 1.807) is 0 Å². The number of benzene rings is 6. The molecule has 7 rings (SSSR count). The van der Waals surface area contributed by atoms with E-state index < -0.39 is 0 Å². The van der Waals surface area contributed by atoms with Gasteiger partial charge in [0.15, 0.2) is 0 Å². The van der Waals surface area contributed by atoms with Gasteiger partial charge in [-0.3, -0.25) is 0 Å². The van der Waals surface area contributed by atoms with Gasteiger partial charge in [0.25, 0.3) is 0 Å². The van der Waals surface area contributed by atoms with E-state index in [0.717, 1.165) is 0 Å². The average molecular weight is 510 g/mol. The van der Waals surface area contributed by atoms with Gasteiger partial charge in [0, 0.05) is 0 Å². The maximum atomic E-state index is 2.36. The molecule has 0 unspecified atom stereocenters. The van der Waals surface area contributed by atoms with Gasteiger partial charge in [-0.05, 0) is 0 Å². The fraction of sp³-hybridized carbons (Fsp3) is 0. The summed E-state index contributed by atoms with van der Waals surface area (Å²) in [5.74, 6) is 0. The molecule has 0 spiro atoms. The molecule has 0 saturated carbocycles. The van der Waals surface area contributed by atoms with Crippen LogP contribution in [0.1, 0.15) is 22.3 Å². The fourth-order valence-electron chi connectivity index (χ4n) is 5.20. The van der Waals surface area contributed by atoms with Crippen LogP contribution in [0.5, 0.6) is 0 Å². The molecule has 0 bridgehead atoms. The first kappa shape index (κ1) is 20.5. The molecule has 1 aliphatic heterocycles. The van der Waals surface area contributed by atoms with Crippen LogP contribution < -0.4 is 8.92 Å². The summed E-state index contributed by atoms with van der Waals surface area (Å²) in [6.45, 7) is 0. The Labute approximate surface area is 211 Å². The summed E-state index contributed by atoms with van der Waals surface area (Å²) in [5, 5.41) is 5.08. The minimum absolute atomic E-state index is 0.300. The Bertz CT molecular complexity index is 1640. The summed E-state index contributed by atoms with van der Waals surface area (Å²) in [6, 6.07) is 49.1. The molecular formula is C34H22Se. The van der Waals surface area contributed by atoms with Crippen LogP contribution in [0.15, 0.2) is 133 Å². The summed E-state index contributed by atoms with van der Waals surface area (Å²) in [5.41, 5.74) is 7.89. The molecule has 0 amide bonds. The second-order valence-electron chi connectivity index (χ2n) is 8.97. The summed E-state index contributed by atoms with van der Waals surface area (Å²) in [4.78, 5) is 0. The second kappa shape index (κ2) is 8.40. The Morgan fingerprint density at radius 1 is 0.400 bits per heavy atom. The molecule has 0 radical (unpaired) electrons. The van der Waals surface area contributed by atoms with Gasteiger partial charge in [0.1, 0.15) is 0 Å². The molecule has 1 heterocycles. The maximum absolute atomic E-state index is 2.36. The summed E-state index contributed by atoms with van der Waals surface area (Å²) < 4.78 is 2.90. The summed E-state index contributed by atoms with van der Waals surface area (Å²) >= 11 is 0.300. The monoisotopic (exact) mass is 510 g/mol. The normalized spacial score (nSPS) is 12.4. The SMILES string of the molecule is c1ccc2c(c1)[Se]c1ccccc1C2=C(c1ccc2ccccc2c1)c1ccc2ccccc2c1. The molecule has 0 saturated heterocycles. The minimum atomic E-state index is 0.300. The summed E-state index contributed by atoms with van der Waals surface area (Å²) in [6.07, 6.45) is 0. The molecule has 0 N–H and O–H groups in total. The van der Waals surface area contributed by atoms with Crippen molar-refractivity contribution in [3.63, 3.8) is 0 Å². The van der Waals surface area contributed by atoms with E-state index in [-0.39, 0.29) is 0 Å². The van der Waals surface area contributed by atoms with Crippen LogP contribution in [0.25, 0.3) is 32.7 Å². The first-order chi connectivity index (χ1) is 17.3. The Hall–Kier alpha value is -3.90. The van der Waals surface area contributed by atoms with Crippen LogP contribution in [0.4, 0.5) is 0 Å². The molecule has 0 aliphatic carbocycles. The topological polar surface area (TPSA) is 0 Å². The van der Waals surface area contributed by atoms with E-state index in [4.69, 9.17) is 0 Å². The number of rotatable bonds is 2. The van der Waals surface area contributed by atoms with E-state index >= 15 is 0 Å². The standard InChI is InChI=1S/C34H22Se/c1-3-11-25-21-27(19-17-23(25)9-1)33(28-20-18-24-10-2-4-12-26(24)22-28)34-29-13-5-7-15-31(29)35-32-16-8-6-14-30(32)34/h1-22H. The zero-order valence-corrected chi connectivity index (χ0v) is 20.8. The van der Waals surface area contributed by atoms with Gasteiger partial charge in [-0.2, -0.15) is 0 Å². The predicted octanol–water partition coefficient (Wildman–Crippen LogP) is 6.97. The zero-order valence-electron chi connectivity index (χ0n) is 19.1. The van der Waals surface area contributed by atoms with Crippen LogP contribution in [0.3, 0.4) is 0 Å². The Balaban J connectivity index is 1.62. The van der Waals surface area contributed by atoms with E-state index in [1.165, 1.54) is 63.9 Å². The van der Waals surface area contributed by atoms with Crippen LogP contribution in [-0.2, 0) is 0 Å². The van der Waals surface area contributed by atoms with Crippen molar-refractivity contribution in [2.45, 2.75) is 0 Å². The van der Waals surface area contributed by atoms with Crippen molar-refractivity contribution >= 4 is 56.6 Å². The third kappa shape index (κ3) is 3.53. The molecule has 35 heavy (non-hydrogen) atoms. The molecular weight excluding hydrogens is 487 g/mol. The zero-order chi connectivity index (χ0) is 23.2. The number of hydrogen-bond donors (Lipinski definition) is 0. The molecule has 0 nitrogen and oxygen atoms in total. The average Bonchev–Trinajstić information content (AvgIpc) is 2.92. The van der Waals surface area contributed by atoms with Gasteiger partial charge in [0.05, 0.1) is 0 Å². The molecule has 0 aromatic heterocycles. The first-order valence-corrected chi connectivity index (χ1v) is 13.7. The van der Waals surface area contributed by atoms with Crippen molar-refractivity contribution in [1.82, 2.24) is 0 Å². The van der Waals surface area contributed by atoms with Gasteiger partial charge in [0.2, 0.25) is 0 Å². The van der Waals surface area contributed by atoms with Crippen molar-refractivity contribution in [2.24, 2.45) is 0 Å². The van der Waals surface area contributed by atoms with Gasteiger partial charge in [-0.25, -0.2) is 0 Å². The van der Waals surface area contributed by atoms with Crippen LogP contribution in [-0.4, -0.2) is 15.0 Å². The van der Waals surface area contributed by atoms with Gasteiger partial charge in [-0.1, -0.05) is 0 Å². The second-order valence-corrected chi connectivity index (χ2v) is 11.2. The molecule has 164 valence electrons. The molecule has 0 fully saturated rings. The van der Waals surface area contributed by atoms with Crippen molar-refractivity contribution in [3.05, 3.63) is 156 Å². The van der Waals surface area contributed by atoms with Crippen LogP contribution in [0, 0.1) is 0 Å². The van der Waals surface area contributed by atoms with E-state index in [9.17, 15) is 0 Å². The van der Waals surface area contributed by atoms with E-state index in [0.29, 0.717) is 15.0 Å². The molecule has 0 atom stereocenters. The molecule has 1 aliphatic rings. The van der Waals surface area contributed by atoms with Gasteiger partial charge in [-0.15, -0.1) is 0 Å². The number of fused-ring (bicyclic) bond motifs is 4. The quantitative estimate of drug-likeness (QED) is 0.221. The molecule has 1 heteroatoms. The Morgan fingerprint density at radius 3 is 1.34 bits per heavy atom. The van der Waals surface area contributed by atoms with Crippen molar-refractivity contribution in [2.75, 3.05) is 0 Å². The third-order valence-electron chi connectivity index (χ3n) is 6.86. The number of hydrogen-bond acceptors (Lipinski definition) is 0. The van der Waals surface area contributed by atoms with Gasteiger partial charge >= 0.3 is 212 Å².